The van der Waals surface area contributed by atoms with Crippen molar-refractivity contribution in [3.05, 3.63) is 0 Å². The van der Waals surface area contributed by atoms with Crippen molar-refractivity contribution >= 4 is 0 Å². The van der Waals surface area contributed by atoms with E-state index in [-0.39, 0.29) is 19.5 Å². The zero-order valence-corrected chi connectivity index (χ0v) is 11.0. The first-order valence-electron chi connectivity index (χ1n) is 6.66. The van der Waals surface area contributed by atoms with Crippen molar-refractivity contribution in [2.24, 2.45) is 11.3 Å². The maximum absolute atomic E-state index is 9.25. The second kappa shape index (κ2) is 7.31. The topological polar surface area (TPSA) is 58.9 Å². The molecule has 0 unspecified atom stereocenters. The van der Waals surface area contributed by atoms with Gasteiger partial charge < -0.3 is 19.7 Å². The monoisotopic (exact) mass is 246 g/mol. The number of rotatable bonds is 7. The van der Waals surface area contributed by atoms with E-state index < -0.39 is 5.41 Å². The molecule has 0 bridgehead atoms. The van der Waals surface area contributed by atoms with Crippen LogP contribution in [-0.4, -0.2) is 42.9 Å². The molecule has 1 aliphatic rings. The summed E-state index contributed by atoms with van der Waals surface area (Å²) in [5, 5.41) is 18.5. The van der Waals surface area contributed by atoms with Gasteiger partial charge in [-0.25, -0.2) is 0 Å². The predicted octanol–water partition coefficient (Wildman–Crippen LogP) is 1.55. The minimum absolute atomic E-state index is 0.0948. The lowest BCUT2D eigenvalue weighted by Crippen LogP contribution is -2.48. The predicted molar refractivity (Wildman–Crippen MR) is 65.6 cm³/mol. The van der Waals surface area contributed by atoms with Crippen LogP contribution in [0, 0.1) is 11.3 Å². The maximum atomic E-state index is 9.25. The van der Waals surface area contributed by atoms with Crippen molar-refractivity contribution in [3.63, 3.8) is 0 Å². The summed E-state index contributed by atoms with van der Waals surface area (Å²) in [7, 11) is 0. The molecule has 0 aliphatic carbocycles. The molecular formula is C13H26O4. The van der Waals surface area contributed by atoms with E-state index in [0.29, 0.717) is 19.1 Å². The molecule has 17 heavy (non-hydrogen) atoms. The van der Waals surface area contributed by atoms with Gasteiger partial charge in [-0.2, -0.15) is 0 Å². The standard InChI is InChI=1S/C13H26O4/c1-3-5-11(6-4-2)12-16-9-13(7-14,8-15)10-17-12/h11-12,14-15H,3-10H2,1-2H3. The molecule has 0 saturated carbocycles. The average molecular weight is 246 g/mol. The molecule has 0 atom stereocenters. The first-order chi connectivity index (χ1) is 8.21. The van der Waals surface area contributed by atoms with Crippen molar-refractivity contribution in [1.29, 1.82) is 0 Å². The highest BCUT2D eigenvalue weighted by Gasteiger charge is 2.38. The second-order valence-corrected chi connectivity index (χ2v) is 5.14. The van der Waals surface area contributed by atoms with Crippen LogP contribution in [-0.2, 0) is 9.47 Å². The zero-order chi connectivity index (χ0) is 12.7. The maximum Gasteiger partial charge on any atom is 0.160 e. The molecule has 0 aromatic rings. The molecule has 0 aromatic heterocycles. The van der Waals surface area contributed by atoms with Gasteiger partial charge in [-0.15, -0.1) is 0 Å². The molecule has 2 N–H and O–H groups in total. The quantitative estimate of drug-likeness (QED) is 0.715. The Morgan fingerprint density at radius 3 is 1.88 bits per heavy atom. The fourth-order valence-corrected chi connectivity index (χ4v) is 2.27. The van der Waals surface area contributed by atoms with E-state index in [4.69, 9.17) is 9.47 Å². The largest absolute Gasteiger partial charge is 0.396 e. The Bertz CT molecular complexity index is 188. The minimum atomic E-state index is -0.612. The van der Waals surface area contributed by atoms with Crippen molar-refractivity contribution in [2.45, 2.75) is 45.8 Å². The summed E-state index contributed by atoms with van der Waals surface area (Å²) in [6.45, 7) is 4.91. The first kappa shape index (κ1) is 14.9. The van der Waals surface area contributed by atoms with Gasteiger partial charge in [0.05, 0.1) is 31.8 Å². The average Bonchev–Trinajstić information content (AvgIpc) is 2.39. The number of ether oxygens (including phenoxy) is 2. The Morgan fingerprint density at radius 1 is 1.06 bits per heavy atom. The van der Waals surface area contributed by atoms with Gasteiger partial charge in [0.2, 0.25) is 0 Å². The molecule has 1 fully saturated rings. The smallest absolute Gasteiger partial charge is 0.160 e. The van der Waals surface area contributed by atoms with Gasteiger partial charge in [0, 0.05) is 5.92 Å². The molecule has 1 aliphatic heterocycles. The lowest BCUT2D eigenvalue weighted by molar-refractivity contribution is -0.263. The Hall–Kier alpha value is -0.160. The van der Waals surface area contributed by atoms with E-state index in [1.54, 1.807) is 0 Å². The summed E-state index contributed by atoms with van der Waals surface area (Å²) < 4.78 is 11.4. The summed E-state index contributed by atoms with van der Waals surface area (Å²) >= 11 is 0. The van der Waals surface area contributed by atoms with Gasteiger partial charge >= 0.3 is 0 Å². The molecule has 1 saturated heterocycles. The van der Waals surface area contributed by atoms with Gasteiger partial charge in [0.25, 0.3) is 0 Å². The van der Waals surface area contributed by atoms with Crippen molar-refractivity contribution < 1.29 is 19.7 Å². The van der Waals surface area contributed by atoms with E-state index in [0.717, 1.165) is 25.7 Å². The first-order valence-corrected chi connectivity index (χ1v) is 6.66. The van der Waals surface area contributed by atoms with Gasteiger partial charge in [0.1, 0.15) is 0 Å². The molecule has 1 heterocycles. The normalized spacial score (nSPS) is 21.0. The van der Waals surface area contributed by atoms with Crippen LogP contribution in [0.15, 0.2) is 0 Å². The van der Waals surface area contributed by atoms with Gasteiger partial charge in [0.15, 0.2) is 6.29 Å². The van der Waals surface area contributed by atoms with E-state index >= 15 is 0 Å². The van der Waals surface area contributed by atoms with Crippen LogP contribution in [0.1, 0.15) is 39.5 Å². The van der Waals surface area contributed by atoms with Gasteiger partial charge in [-0.05, 0) is 12.8 Å². The Balaban J connectivity index is 2.48. The Labute approximate surface area is 104 Å². The Kier molecular flexibility index (Phi) is 6.41. The Morgan fingerprint density at radius 2 is 1.53 bits per heavy atom. The summed E-state index contributed by atoms with van der Waals surface area (Å²) in [6.07, 6.45) is 4.28. The molecular weight excluding hydrogens is 220 g/mol. The van der Waals surface area contributed by atoms with Crippen LogP contribution >= 0.6 is 0 Å². The van der Waals surface area contributed by atoms with Crippen molar-refractivity contribution in [3.8, 4) is 0 Å². The highest BCUT2D eigenvalue weighted by Crippen LogP contribution is 2.30. The summed E-state index contributed by atoms with van der Waals surface area (Å²) in [6, 6.07) is 0. The molecule has 102 valence electrons. The fraction of sp³-hybridized carbons (Fsp3) is 1.00. The zero-order valence-electron chi connectivity index (χ0n) is 11.0. The van der Waals surface area contributed by atoms with Gasteiger partial charge in [-0.1, -0.05) is 26.7 Å². The third-order valence-corrected chi connectivity index (χ3v) is 3.48. The van der Waals surface area contributed by atoms with Crippen LogP contribution in [0.3, 0.4) is 0 Å². The van der Waals surface area contributed by atoms with Crippen LogP contribution in [0.2, 0.25) is 0 Å². The molecule has 1 rings (SSSR count). The van der Waals surface area contributed by atoms with E-state index in [1.807, 2.05) is 0 Å². The summed E-state index contributed by atoms with van der Waals surface area (Å²) in [5.74, 6) is 0.431. The van der Waals surface area contributed by atoms with Crippen molar-refractivity contribution in [1.82, 2.24) is 0 Å². The second-order valence-electron chi connectivity index (χ2n) is 5.14. The molecule has 4 heteroatoms. The fourth-order valence-electron chi connectivity index (χ4n) is 2.27. The third-order valence-electron chi connectivity index (χ3n) is 3.48. The molecule has 4 nitrogen and oxygen atoms in total. The van der Waals surface area contributed by atoms with Crippen LogP contribution in [0.25, 0.3) is 0 Å². The number of hydrogen-bond acceptors (Lipinski definition) is 4. The number of aliphatic hydroxyl groups is 2. The van der Waals surface area contributed by atoms with E-state index in [9.17, 15) is 10.2 Å². The van der Waals surface area contributed by atoms with Crippen molar-refractivity contribution in [2.75, 3.05) is 26.4 Å². The number of aliphatic hydroxyl groups excluding tert-OH is 2. The van der Waals surface area contributed by atoms with Crippen LogP contribution in [0.5, 0.6) is 0 Å². The summed E-state index contributed by atoms with van der Waals surface area (Å²) in [5.41, 5.74) is -0.612. The lowest BCUT2D eigenvalue weighted by atomic mass is 9.90. The molecule has 0 radical (unpaired) electrons. The van der Waals surface area contributed by atoms with Crippen LogP contribution < -0.4 is 0 Å². The highest BCUT2D eigenvalue weighted by molar-refractivity contribution is 4.81. The molecule has 0 spiro atoms. The van der Waals surface area contributed by atoms with E-state index in [1.165, 1.54) is 0 Å². The van der Waals surface area contributed by atoms with Crippen LogP contribution in [0.4, 0.5) is 0 Å². The number of hydrogen-bond donors (Lipinski definition) is 2. The SMILES string of the molecule is CCCC(CCC)C1OCC(CO)(CO)CO1. The van der Waals surface area contributed by atoms with E-state index in [2.05, 4.69) is 13.8 Å². The highest BCUT2D eigenvalue weighted by atomic mass is 16.7. The molecule has 0 amide bonds. The lowest BCUT2D eigenvalue weighted by Gasteiger charge is -2.40. The molecule has 0 aromatic carbocycles. The van der Waals surface area contributed by atoms with Gasteiger partial charge in [-0.3, -0.25) is 0 Å². The third kappa shape index (κ3) is 3.91. The minimum Gasteiger partial charge on any atom is -0.396 e. The summed E-state index contributed by atoms with van der Waals surface area (Å²) in [4.78, 5) is 0.